The van der Waals surface area contributed by atoms with E-state index in [1.165, 1.54) is 25.1 Å². The number of carbonyl (C=O) groups excluding carboxylic acids is 1. The van der Waals surface area contributed by atoms with E-state index in [1.807, 2.05) is 0 Å². The molecule has 7 heteroatoms. The minimum Gasteiger partial charge on any atom is -0.323 e. The maximum Gasteiger partial charge on any atom is 0.241 e. The number of amides is 1. The molecule has 0 aromatic heterocycles. The van der Waals surface area contributed by atoms with Crippen LogP contribution in [0, 0.1) is 0 Å². The van der Waals surface area contributed by atoms with Crippen LogP contribution < -0.4 is 11.1 Å². The first kappa shape index (κ1) is 14.0. The highest BCUT2D eigenvalue weighted by Crippen LogP contribution is 2.25. The Morgan fingerprint density at radius 2 is 2.06 bits per heavy atom. The molecule has 0 aliphatic heterocycles. The van der Waals surface area contributed by atoms with E-state index in [2.05, 4.69) is 5.32 Å². The Hall–Kier alpha value is -1.11. The van der Waals surface area contributed by atoms with E-state index in [0.29, 0.717) is 0 Å². The van der Waals surface area contributed by atoms with Crippen molar-refractivity contribution in [3.8, 4) is 0 Å². The summed E-state index contributed by atoms with van der Waals surface area (Å²) in [5, 5.41) is 2.72. The lowest BCUT2D eigenvalue weighted by Gasteiger charge is -2.10. The van der Waals surface area contributed by atoms with Crippen LogP contribution in [0.4, 0.5) is 5.69 Å². The van der Waals surface area contributed by atoms with Crippen LogP contribution in [-0.4, -0.2) is 26.6 Å². The normalized spacial score (nSPS) is 13.2. The van der Waals surface area contributed by atoms with Crippen LogP contribution in [0.2, 0.25) is 5.02 Å². The Morgan fingerprint density at radius 3 is 2.53 bits per heavy atom. The summed E-state index contributed by atoms with van der Waals surface area (Å²) < 4.78 is 22.7. The van der Waals surface area contributed by atoms with Gasteiger partial charge in [0.2, 0.25) is 5.91 Å². The van der Waals surface area contributed by atoms with Crippen molar-refractivity contribution in [2.75, 3.05) is 11.6 Å². The lowest BCUT2D eigenvalue weighted by molar-refractivity contribution is -0.117. The molecule has 0 radical (unpaired) electrons. The van der Waals surface area contributed by atoms with Gasteiger partial charge in [-0.3, -0.25) is 4.79 Å². The van der Waals surface area contributed by atoms with Gasteiger partial charge in [-0.2, -0.15) is 0 Å². The number of benzene rings is 1. The molecule has 1 amide bonds. The molecule has 0 spiro atoms. The summed E-state index contributed by atoms with van der Waals surface area (Å²) in [6, 6.07) is 3.39. The molecule has 0 fully saturated rings. The van der Waals surface area contributed by atoms with Crippen molar-refractivity contribution in [3.63, 3.8) is 0 Å². The van der Waals surface area contributed by atoms with Crippen molar-refractivity contribution in [1.82, 2.24) is 0 Å². The first-order valence-corrected chi connectivity index (χ1v) is 7.05. The zero-order valence-electron chi connectivity index (χ0n) is 9.40. The maximum absolute atomic E-state index is 11.4. The third-order valence-electron chi connectivity index (χ3n) is 2.04. The average Bonchev–Trinajstić information content (AvgIpc) is 2.19. The van der Waals surface area contributed by atoms with Gasteiger partial charge in [0.15, 0.2) is 9.84 Å². The number of hydrogen-bond donors (Lipinski definition) is 2. The molecule has 0 heterocycles. The fraction of sp³-hybridized carbons (Fsp3) is 0.300. The summed E-state index contributed by atoms with van der Waals surface area (Å²) in [4.78, 5) is 11.5. The van der Waals surface area contributed by atoms with Crippen molar-refractivity contribution in [3.05, 3.63) is 23.2 Å². The molecular formula is C10H13ClN2O3S. The highest BCUT2D eigenvalue weighted by atomic mass is 35.5. The minimum atomic E-state index is -3.34. The van der Waals surface area contributed by atoms with Gasteiger partial charge in [-0.05, 0) is 25.1 Å². The first-order valence-electron chi connectivity index (χ1n) is 4.78. The molecular weight excluding hydrogens is 264 g/mol. The van der Waals surface area contributed by atoms with E-state index in [-0.39, 0.29) is 15.6 Å². The van der Waals surface area contributed by atoms with Gasteiger partial charge < -0.3 is 11.1 Å². The van der Waals surface area contributed by atoms with Gasteiger partial charge in [0, 0.05) is 6.26 Å². The third-order valence-corrected chi connectivity index (χ3v) is 3.48. The molecule has 1 aromatic rings. The molecule has 1 rings (SSSR count). The Bertz CT molecular complexity index is 540. The van der Waals surface area contributed by atoms with Crippen LogP contribution in [0.25, 0.3) is 0 Å². The number of carbonyl (C=O) groups is 1. The maximum atomic E-state index is 11.4. The number of nitrogens with two attached hydrogens (primary N) is 1. The van der Waals surface area contributed by atoms with E-state index >= 15 is 0 Å². The van der Waals surface area contributed by atoms with Gasteiger partial charge in [0.1, 0.15) is 0 Å². The van der Waals surface area contributed by atoms with E-state index in [4.69, 9.17) is 17.3 Å². The Balaban J connectivity index is 3.12. The Morgan fingerprint density at radius 1 is 1.47 bits per heavy atom. The summed E-state index contributed by atoms with van der Waals surface area (Å²) in [5.41, 5.74) is 5.62. The zero-order chi connectivity index (χ0) is 13.2. The average molecular weight is 277 g/mol. The van der Waals surface area contributed by atoms with Crippen LogP contribution in [0.15, 0.2) is 23.1 Å². The highest BCUT2D eigenvalue weighted by molar-refractivity contribution is 7.90. The lowest BCUT2D eigenvalue weighted by atomic mass is 10.3. The highest BCUT2D eigenvalue weighted by Gasteiger charge is 2.13. The molecule has 0 aliphatic carbocycles. The van der Waals surface area contributed by atoms with Crippen LogP contribution in [0.5, 0.6) is 0 Å². The summed E-state index contributed by atoms with van der Waals surface area (Å²) in [7, 11) is -3.34. The quantitative estimate of drug-likeness (QED) is 0.863. The number of sulfone groups is 1. The molecule has 1 aromatic carbocycles. The predicted molar refractivity (Wildman–Crippen MR) is 66.8 cm³/mol. The van der Waals surface area contributed by atoms with E-state index < -0.39 is 21.8 Å². The van der Waals surface area contributed by atoms with Gasteiger partial charge in [-0.15, -0.1) is 0 Å². The molecule has 5 nitrogen and oxygen atoms in total. The fourth-order valence-corrected chi connectivity index (χ4v) is 1.89. The van der Waals surface area contributed by atoms with Crippen molar-refractivity contribution >= 4 is 33.0 Å². The number of rotatable bonds is 3. The number of anilines is 1. The van der Waals surface area contributed by atoms with Crippen LogP contribution in [-0.2, 0) is 14.6 Å². The standard InChI is InChI=1S/C10H13ClN2O3S/c1-6(12)10(14)13-9-5-7(17(2,15)16)3-4-8(9)11/h3-6H,12H2,1-2H3,(H,13,14)/t6-/m1/s1. The summed E-state index contributed by atoms with van der Waals surface area (Å²) in [5.74, 6) is -0.433. The monoisotopic (exact) mass is 276 g/mol. The van der Waals surface area contributed by atoms with Crippen LogP contribution in [0.1, 0.15) is 6.92 Å². The fourth-order valence-electron chi connectivity index (χ4n) is 1.08. The van der Waals surface area contributed by atoms with Crippen molar-refractivity contribution in [2.45, 2.75) is 17.9 Å². The topological polar surface area (TPSA) is 89.3 Å². The molecule has 3 N–H and O–H groups in total. The summed E-state index contributed by atoms with van der Waals surface area (Å²) in [6.45, 7) is 1.52. The molecule has 1 atom stereocenters. The van der Waals surface area contributed by atoms with Gasteiger partial charge in [0.25, 0.3) is 0 Å². The van der Waals surface area contributed by atoms with E-state index in [9.17, 15) is 13.2 Å². The summed E-state index contributed by atoms with van der Waals surface area (Å²) >= 11 is 5.84. The number of halogens is 1. The molecule has 0 saturated carbocycles. The second kappa shape index (κ2) is 5.03. The van der Waals surface area contributed by atoms with Crippen molar-refractivity contribution in [2.24, 2.45) is 5.73 Å². The van der Waals surface area contributed by atoms with E-state index in [1.54, 1.807) is 0 Å². The largest absolute Gasteiger partial charge is 0.323 e. The zero-order valence-corrected chi connectivity index (χ0v) is 11.0. The predicted octanol–water partition coefficient (Wildman–Crippen LogP) is 1.03. The second-order valence-electron chi connectivity index (χ2n) is 3.69. The number of hydrogen-bond acceptors (Lipinski definition) is 4. The third kappa shape index (κ3) is 3.69. The minimum absolute atomic E-state index is 0.0851. The van der Waals surface area contributed by atoms with Gasteiger partial charge in [-0.1, -0.05) is 11.6 Å². The first-order chi connectivity index (χ1) is 7.71. The van der Waals surface area contributed by atoms with Crippen LogP contribution in [0.3, 0.4) is 0 Å². The van der Waals surface area contributed by atoms with Gasteiger partial charge in [-0.25, -0.2) is 8.42 Å². The van der Waals surface area contributed by atoms with Crippen molar-refractivity contribution in [1.29, 1.82) is 0 Å². The number of nitrogens with one attached hydrogen (secondary N) is 1. The van der Waals surface area contributed by atoms with E-state index in [0.717, 1.165) is 6.26 Å². The molecule has 0 saturated heterocycles. The molecule has 0 unspecified atom stereocenters. The molecule has 0 aliphatic rings. The molecule has 17 heavy (non-hydrogen) atoms. The van der Waals surface area contributed by atoms with Gasteiger partial charge in [0.05, 0.1) is 21.6 Å². The summed E-state index contributed by atoms with van der Waals surface area (Å²) in [6.07, 6.45) is 1.08. The molecule has 94 valence electrons. The molecule has 0 bridgehead atoms. The SMILES string of the molecule is C[C@@H](N)C(=O)Nc1cc(S(C)(=O)=O)ccc1Cl. The second-order valence-corrected chi connectivity index (χ2v) is 6.11. The van der Waals surface area contributed by atoms with Gasteiger partial charge >= 0.3 is 0 Å². The van der Waals surface area contributed by atoms with Crippen molar-refractivity contribution < 1.29 is 13.2 Å². The Kier molecular flexibility index (Phi) is 4.13. The Labute approximate surface area is 105 Å². The smallest absolute Gasteiger partial charge is 0.241 e. The lowest BCUT2D eigenvalue weighted by Crippen LogP contribution is -2.32. The van der Waals surface area contributed by atoms with Crippen LogP contribution >= 0.6 is 11.6 Å².